The molecule has 2 rings (SSSR count). The molecule has 130 valence electrons. The third kappa shape index (κ3) is 4.85. The Morgan fingerprint density at radius 3 is 2.46 bits per heavy atom. The highest BCUT2D eigenvalue weighted by atomic mass is 79.9. The van der Waals surface area contributed by atoms with E-state index >= 15 is 0 Å². The number of hydrogen-bond acceptors (Lipinski definition) is 5. The molecule has 0 saturated heterocycles. The predicted molar refractivity (Wildman–Crippen MR) is 95.9 cm³/mol. The SMILES string of the molecule is COC(=O)C(Cc1ccc(F)cc1)NS(=O)(=O)c1cc(Br)c(Br)s1. The lowest BCUT2D eigenvalue weighted by molar-refractivity contribution is -0.142. The highest BCUT2D eigenvalue weighted by molar-refractivity contribution is 9.13. The second-order valence-corrected chi connectivity index (χ2v) is 9.88. The van der Waals surface area contributed by atoms with Crippen LogP contribution in [0.5, 0.6) is 0 Å². The molecule has 1 unspecified atom stereocenters. The number of thiophene rings is 1. The molecular formula is C14H12Br2FNO4S2. The number of sulfonamides is 1. The van der Waals surface area contributed by atoms with Crippen LogP contribution in [-0.4, -0.2) is 27.5 Å². The minimum absolute atomic E-state index is 0.0416. The molecular weight excluding hydrogens is 489 g/mol. The molecule has 1 aromatic carbocycles. The zero-order chi connectivity index (χ0) is 17.9. The average Bonchev–Trinajstić information content (AvgIpc) is 2.88. The molecule has 0 spiro atoms. The Bertz CT molecular complexity index is 817. The first-order valence-corrected chi connectivity index (χ1v) is 10.4. The second-order valence-electron chi connectivity index (χ2n) is 4.71. The molecule has 2 aromatic rings. The van der Waals surface area contributed by atoms with Crippen LogP contribution in [0.15, 0.2) is 42.8 Å². The normalized spacial score (nSPS) is 12.8. The molecule has 5 nitrogen and oxygen atoms in total. The van der Waals surface area contributed by atoms with E-state index in [1.807, 2.05) is 0 Å². The summed E-state index contributed by atoms with van der Waals surface area (Å²) in [5, 5.41) is 0. The van der Waals surface area contributed by atoms with Gasteiger partial charge >= 0.3 is 5.97 Å². The summed E-state index contributed by atoms with van der Waals surface area (Å²) in [7, 11) is -2.74. The van der Waals surface area contributed by atoms with Gasteiger partial charge in [0.25, 0.3) is 10.0 Å². The number of ether oxygens (including phenoxy) is 1. The number of carbonyl (C=O) groups excluding carboxylic acids is 1. The first kappa shape index (κ1) is 19.5. The maximum Gasteiger partial charge on any atom is 0.324 e. The van der Waals surface area contributed by atoms with E-state index in [2.05, 4.69) is 41.3 Å². The Morgan fingerprint density at radius 1 is 1.33 bits per heavy atom. The first-order valence-electron chi connectivity index (χ1n) is 6.52. The summed E-state index contributed by atoms with van der Waals surface area (Å²) in [5.41, 5.74) is 0.600. The molecule has 1 N–H and O–H groups in total. The van der Waals surface area contributed by atoms with Gasteiger partial charge < -0.3 is 4.74 Å². The maximum atomic E-state index is 13.0. The fraction of sp³-hybridized carbons (Fsp3) is 0.214. The average molecular weight is 501 g/mol. The molecule has 1 heterocycles. The number of carbonyl (C=O) groups is 1. The number of benzene rings is 1. The van der Waals surface area contributed by atoms with Crippen LogP contribution in [-0.2, 0) is 26.0 Å². The molecule has 1 aromatic heterocycles. The van der Waals surface area contributed by atoms with Crippen LogP contribution in [0, 0.1) is 5.82 Å². The summed E-state index contributed by atoms with van der Waals surface area (Å²) in [6, 6.07) is 5.77. The Labute approximate surface area is 159 Å². The summed E-state index contributed by atoms with van der Waals surface area (Å²) in [6.07, 6.45) is 0.0416. The molecule has 1 atom stereocenters. The van der Waals surface area contributed by atoms with Crippen LogP contribution in [0.1, 0.15) is 5.56 Å². The number of hydrogen-bond donors (Lipinski definition) is 1. The molecule has 10 heteroatoms. The van der Waals surface area contributed by atoms with Gasteiger partial charge in [-0.25, -0.2) is 12.8 Å². The van der Waals surface area contributed by atoms with Crippen molar-refractivity contribution in [3.05, 3.63) is 50.0 Å². The van der Waals surface area contributed by atoms with Gasteiger partial charge in [-0.05, 0) is 62.0 Å². The molecule has 0 aliphatic rings. The zero-order valence-corrected chi connectivity index (χ0v) is 17.1. The fourth-order valence-corrected chi connectivity index (χ4v) is 5.90. The summed E-state index contributed by atoms with van der Waals surface area (Å²) >= 11 is 7.46. The minimum Gasteiger partial charge on any atom is -0.468 e. The van der Waals surface area contributed by atoms with Crippen LogP contribution in [0.2, 0.25) is 0 Å². The highest BCUT2D eigenvalue weighted by Gasteiger charge is 2.28. The topological polar surface area (TPSA) is 72.5 Å². The number of rotatable bonds is 6. The molecule has 24 heavy (non-hydrogen) atoms. The van der Waals surface area contributed by atoms with Crippen LogP contribution in [0.3, 0.4) is 0 Å². The van der Waals surface area contributed by atoms with E-state index in [1.165, 1.54) is 37.4 Å². The monoisotopic (exact) mass is 499 g/mol. The van der Waals surface area contributed by atoms with Crippen molar-refractivity contribution >= 4 is 59.2 Å². The smallest absolute Gasteiger partial charge is 0.324 e. The minimum atomic E-state index is -3.91. The highest BCUT2D eigenvalue weighted by Crippen LogP contribution is 2.34. The molecule has 0 fully saturated rings. The van der Waals surface area contributed by atoms with E-state index in [-0.39, 0.29) is 10.6 Å². The summed E-state index contributed by atoms with van der Waals surface area (Å²) in [5.74, 6) is -1.14. The second kappa shape index (κ2) is 8.05. The van der Waals surface area contributed by atoms with Crippen molar-refractivity contribution < 1.29 is 22.3 Å². The van der Waals surface area contributed by atoms with Gasteiger partial charge in [0, 0.05) is 4.47 Å². The lowest BCUT2D eigenvalue weighted by Gasteiger charge is -2.16. The molecule has 0 aliphatic heterocycles. The quantitative estimate of drug-likeness (QED) is 0.616. The third-order valence-electron chi connectivity index (χ3n) is 3.02. The van der Waals surface area contributed by atoms with Crippen molar-refractivity contribution in [2.24, 2.45) is 0 Å². The van der Waals surface area contributed by atoms with Crippen molar-refractivity contribution in [3.63, 3.8) is 0 Å². The van der Waals surface area contributed by atoms with Crippen molar-refractivity contribution in [2.45, 2.75) is 16.7 Å². The maximum absolute atomic E-state index is 13.0. The lowest BCUT2D eigenvalue weighted by atomic mass is 10.1. The Hall–Kier alpha value is -0.810. The van der Waals surface area contributed by atoms with Crippen molar-refractivity contribution in [1.29, 1.82) is 0 Å². The Morgan fingerprint density at radius 2 is 1.96 bits per heavy atom. The predicted octanol–water partition coefficient (Wildman–Crippen LogP) is 3.47. The zero-order valence-electron chi connectivity index (χ0n) is 12.3. The molecule has 0 radical (unpaired) electrons. The van der Waals surface area contributed by atoms with Crippen LogP contribution < -0.4 is 4.72 Å². The molecule has 0 saturated carbocycles. The lowest BCUT2D eigenvalue weighted by Crippen LogP contribution is -2.42. The van der Waals surface area contributed by atoms with Gasteiger partial charge in [-0.1, -0.05) is 12.1 Å². The number of esters is 1. The summed E-state index contributed by atoms with van der Waals surface area (Å²) < 4.78 is 46.2. The third-order valence-corrected chi connectivity index (χ3v) is 8.23. The van der Waals surface area contributed by atoms with E-state index in [0.29, 0.717) is 13.8 Å². The molecule has 0 bridgehead atoms. The van der Waals surface area contributed by atoms with Crippen molar-refractivity contribution in [1.82, 2.24) is 4.72 Å². The number of methoxy groups -OCH3 is 1. The van der Waals surface area contributed by atoms with Crippen LogP contribution in [0.4, 0.5) is 4.39 Å². The van der Waals surface area contributed by atoms with E-state index < -0.39 is 27.9 Å². The number of halogens is 3. The van der Waals surface area contributed by atoms with Gasteiger partial charge in [0.2, 0.25) is 0 Å². The fourth-order valence-electron chi connectivity index (χ4n) is 1.88. The van der Waals surface area contributed by atoms with Crippen molar-refractivity contribution in [2.75, 3.05) is 7.11 Å². The summed E-state index contributed by atoms with van der Waals surface area (Å²) in [4.78, 5) is 11.9. The van der Waals surface area contributed by atoms with Crippen molar-refractivity contribution in [3.8, 4) is 0 Å². The van der Waals surface area contributed by atoms with E-state index in [4.69, 9.17) is 0 Å². The van der Waals surface area contributed by atoms with E-state index in [0.717, 1.165) is 11.3 Å². The van der Waals surface area contributed by atoms with Gasteiger partial charge in [0.15, 0.2) is 0 Å². The van der Waals surface area contributed by atoms with Crippen LogP contribution in [0.25, 0.3) is 0 Å². The Kier molecular flexibility index (Phi) is 6.54. The first-order chi connectivity index (χ1) is 11.2. The standard InChI is InChI=1S/C14H12Br2FNO4S2/c1-22-14(19)11(6-8-2-4-9(17)5-3-8)18-24(20,21)12-7-10(15)13(16)23-12/h2-5,7,11,18H,6H2,1H3. The molecule has 0 aliphatic carbocycles. The largest absolute Gasteiger partial charge is 0.468 e. The Balaban J connectivity index is 2.25. The van der Waals surface area contributed by atoms with E-state index in [9.17, 15) is 17.6 Å². The van der Waals surface area contributed by atoms with Crippen LogP contribution >= 0.6 is 43.2 Å². The van der Waals surface area contributed by atoms with Gasteiger partial charge in [0.05, 0.1) is 10.9 Å². The van der Waals surface area contributed by atoms with E-state index in [1.54, 1.807) is 0 Å². The van der Waals surface area contributed by atoms with Gasteiger partial charge in [0.1, 0.15) is 16.1 Å². The van der Waals surface area contributed by atoms with Gasteiger partial charge in [-0.2, -0.15) is 4.72 Å². The van der Waals surface area contributed by atoms with Gasteiger partial charge in [-0.15, -0.1) is 11.3 Å². The summed E-state index contributed by atoms with van der Waals surface area (Å²) in [6.45, 7) is 0. The van der Waals surface area contributed by atoms with Gasteiger partial charge in [-0.3, -0.25) is 4.79 Å². The molecule has 0 amide bonds. The number of nitrogens with one attached hydrogen (secondary N) is 1.